The third-order valence-electron chi connectivity index (χ3n) is 20.5. The standard InChI is InChI=1S/C27H26ClN5.C26H25ClN6.C21H16ClN5O.C20H13ClN4/c28-22-8-7-21-17-31-27(29)25(26(21)16-22)11-6-20-4-9-23(10-5-20)33-19-30-18-24(33)12-15-32-13-2-1-3-14-32;27-22-10-9-21-17-29-25(28)23(24(21)16-22)11-6-19-4-7-20(8-5-19)26-31-30-18-33(26)15-14-32-12-2-1-3-13-32;22-17-7-6-16-12-24-20(23)18(19(16)11-17)8-3-14-1-4-15(5-2-14)21-26-25-13-27(21)9-10-28;21-16-5-4-15-12-24-20(22)18(19(15)11-16)8-3-14-1-6-17(7-2-14)25-10-9-23-13-25/h4-5,7-10,16-19H,1-3,12-15H2,(H2,29,31);4-5,7-10,16-18H,1-3,12-15H2,(H2,28,29);1-2,4-7,11-13,28H,9-10H2,(H2,23,24);1-2,4-7,9-13H,(H2,22,24). The molecular weight excluding hydrogens is 1570 g/mol. The van der Waals surface area contributed by atoms with E-state index < -0.39 is 0 Å². The van der Waals surface area contributed by atoms with Crippen LogP contribution in [0.2, 0.25) is 20.1 Å². The van der Waals surface area contributed by atoms with Gasteiger partial charge in [0.25, 0.3) is 0 Å². The Morgan fingerprint density at radius 3 is 1.11 bits per heavy atom. The van der Waals surface area contributed by atoms with Crippen molar-refractivity contribution in [3.8, 4) is 81.5 Å². The van der Waals surface area contributed by atoms with Gasteiger partial charge in [-0.2, -0.15) is 0 Å². The number of aliphatic hydroxyl groups is 1. The fraction of sp³-hybridized carbons (Fsp3) is 0.170. The number of halogens is 4. The number of nitrogen functional groups attached to an aromatic ring is 4. The zero-order valence-electron chi connectivity index (χ0n) is 64.8. The second kappa shape index (κ2) is 38.6. The predicted molar refractivity (Wildman–Crippen MR) is 478 cm³/mol. The number of nitrogens with two attached hydrogens (primary N) is 4. The first kappa shape index (κ1) is 80.8. The van der Waals surface area contributed by atoms with Crippen LogP contribution in [0.15, 0.2) is 239 Å². The number of pyridine rings is 4. The van der Waals surface area contributed by atoms with Crippen molar-refractivity contribution in [3.63, 3.8) is 0 Å². The van der Waals surface area contributed by atoms with Crippen LogP contribution in [0.3, 0.4) is 0 Å². The van der Waals surface area contributed by atoms with Gasteiger partial charge in [-0.25, -0.2) is 29.9 Å². The summed E-state index contributed by atoms with van der Waals surface area (Å²) in [7, 11) is 0. The van der Waals surface area contributed by atoms with Crippen molar-refractivity contribution >= 4 is 113 Å². The molecule has 0 bridgehead atoms. The lowest BCUT2D eigenvalue weighted by Crippen LogP contribution is -2.32. The first-order valence-corrected chi connectivity index (χ1v) is 40.4. The quantitative estimate of drug-likeness (QED) is 0.0711. The van der Waals surface area contributed by atoms with Gasteiger partial charge in [-0.15, -0.1) is 20.4 Å². The maximum absolute atomic E-state index is 9.13. The monoisotopic (exact) mass is 1640 g/mol. The molecule has 0 saturated carbocycles. The molecule has 0 amide bonds. The maximum atomic E-state index is 9.13. The average molecular weight is 1650 g/mol. The molecule has 119 heavy (non-hydrogen) atoms. The largest absolute Gasteiger partial charge is 0.395 e. The SMILES string of the molecule is Nc1ncc2ccc(Cl)cc2c1C#Cc1ccc(-c2nncn2CCN2CCCCC2)cc1.Nc1ncc2ccc(Cl)cc2c1C#Cc1ccc(-c2nncn2CCO)cc1.Nc1ncc2ccc(Cl)cc2c1C#Cc1ccc(-n2ccnc2)cc1.Nc1ncc2ccc(Cl)cc2c1C#Cc1ccc(-n2cncc2CCN2CCCCC2)cc1. The number of aliphatic hydroxyl groups excluding tert-OH is 1. The summed E-state index contributed by atoms with van der Waals surface area (Å²) in [6, 6.07) is 54.3. The molecule has 2 aliphatic rings. The van der Waals surface area contributed by atoms with E-state index in [9.17, 15) is 0 Å². The number of hydrogen-bond donors (Lipinski definition) is 5. The Labute approximate surface area is 708 Å². The molecule has 590 valence electrons. The lowest BCUT2D eigenvalue weighted by Gasteiger charge is -2.26. The van der Waals surface area contributed by atoms with Crippen LogP contribution in [0.5, 0.6) is 0 Å². The molecule has 2 fully saturated rings. The molecule has 25 heteroatoms. The number of nitrogens with zero attached hydrogens (tertiary/aromatic N) is 16. The van der Waals surface area contributed by atoms with Crippen molar-refractivity contribution in [1.29, 1.82) is 0 Å². The molecular formula is C94H80Cl4N20O. The highest BCUT2D eigenvalue weighted by atomic mass is 35.5. The maximum Gasteiger partial charge on any atom is 0.163 e. The Hall–Kier alpha value is -13.4. The van der Waals surface area contributed by atoms with Gasteiger partial charge in [0, 0.05) is 190 Å². The molecule has 8 aromatic carbocycles. The number of rotatable bonds is 12. The number of benzene rings is 8. The number of piperidine rings is 2. The third-order valence-corrected chi connectivity index (χ3v) is 21.4. The van der Waals surface area contributed by atoms with Crippen LogP contribution in [-0.4, -0.2) is 129 Å². The number of anilines is 4. The van der Waals surface area contributed by atoms with E-state index in [2.05, 4.69) is 129 Å². The van der Waals surface area contributed by atoms with Gasteiger partial charge in [0.2, 0.25) is 0 Å². The third kappa shape index (κ3) is 20.3. The van der Waals surface area contributed by atoms with E-state index in [0.29, 0.717) is 78.0 Å². The van der Waals surface area contributed by atoms with Crippen LogP contribution in [0.1, 0.15) is 88.7 Å². The second-order valence-corrected chi connectivity index (χ2v) is 30.2. The van der Waals surface area contributed by atoms with Gasteiger partial charge in [0.1, 0.15) is 35.9 Å². The minimum Gasteiger partial charge on any atom is -0.395 e. The molecule has 10 heterocycles. The first-order valence-electron chi connectivity index (χ1n) is 38.9. The Morgan fingerprint density at radius 2 is 0.731 bits per heavy atom. The summed E-state index contributed by atoms with van der Waals surface area (Å²) in [4.78, 5) is 30.5. The summed E-state index contributed by atoms with van der Waals surface area (Å²) in [5.74, 6) is 28.5. The van der Waals surface area contributed by atoms with Crippen LogP contribution < -0.4 is 22.9 Å². The fourth-order valence-electron chi connectivity index (χ4n) is 14.1. The van der Waals surface area contributed by atoms with Crippen LogP contribution >= 0.6 is 46.4 Å². The van der Waals surface area contributed by atoms with E-state index in [1.807, 2.05) is 187 Å². The number of imidazole rings is 2. The van der Waals surface area contributed by atoms with E-state index >= 15 is 0 Å². The smallest absolute Gasteiger partial charge is 0.163 e. The average Bonchev–Trinajstić information content (AvgIpc) is 1.58. The molecule has 2 saturated heterocycles. The van der Waals surface area contributed by atoms with Gasteiger partial charge in [-0.1, -0.05) is 131 Å². The van der Waals surface area contributed by atoms with Crippen molar-refractivity contribution in [1.82, 2.24) is 78.4 Å². The molecule has 0 radical (unpaired) electrons. The van der Waals surface area contributed by atoms with Crippen molar-refractivity contribution in [2.45, 2.75) is 58.0 Å². The summed E-state index contributed by atoms with van der Waals surface area (Å²) in [6.07, 6.45) is 28.5. The van der Waals surface area contributed by atoms with Gasteiger partial charge in [-0.05, 0) is 197 Å². The van der Waals surface area contributed by atoms with Crippen molar-refractivity contribution in [2.75, 3.05) is 68.8 Å². The van der Waals surface area contributed by atoms with E-state index in [1.165, 1.54) is 70.4 Å². The van der Waals surface area contributed by atoms with Crippen LogP contribution in [0.25, 0.3) is 77.2 Å². The molecule has 0 atom stereocenters. The first-order chi connectivity index (χ1) is 58.2. The van der Waals surface area contributed by atoms with Crippen molar-refractivity contribution in [3.05, 3.63) is 309 Å². The summed E-state index contributed by atoms with van der Waals surface area (Å²) < 4.78 is 8.02. The van der Waals surface area contributed by atoms with Crippen molar-refractivity contribution < 1.29 is 5.11 Å². The highest BCUT2D eigenvalue weighted by molar-refractivity contribution is 6.32. The van der Waals surface area contributed by atoms with Gasteiger partial charge in [0.15, 0.2) is 11.6 Å². The van der Waals surface area contributed by atoms with E-state index in [-0.39, 0.29) is 6.61 Å². The normalized spacial score (nSPS) is 12.6. The fourth-order valence-corrected chi connectivity index (χ4v) is 14.8. The van der Waals surface area contributed by atoms with Crippen LogP contribution in [0, 0.1) is 47.4 Å². The highest BCUT2D eigenvalue weighted by Crippen LogP contribution is 2.31. The van der Waals surface area contributed by atoms with Gasteiger partial charge in [0.05, 0.1) is 41.5 Å². The molecule has 18 rings (SSSR count). The van der Waals surface area contributed by atoms with E-state index in [1.54, 1.807) is 48.2 Å². The molecule has 0 aliphatic carbocycles. The molecule has 0 unspecified atom stereocenters. The number of likely N-dealkylation sites (tertiary alicyclic amines) is 2. The highest BCUT2D eigenvalue weighted by Gasteiger charge is 2.17. The Kier molecular flexibility index (Phi) is 26.2. The minimum atomic E-state index is 0.0269. The second-order valence-electron chi connectivity index (χ2n) is 28.4. The lowest BCUT2D eigenvalue weighted by atomic mass is 10.1. The Morgan fingerprint density at radius 1 is 0.361 bits per heavy atom. The molecule has 9 N–H and O–H groups in total. The molecule has 2 aliphatic heterocycles. The zero-order valence-corrected chi connectivity index (χ0v) is 67.8. The summed E-state index contributed by atoms with van der Waals surface area (Å²) in [5, 5.41) is 35.6. The predicted octanol–water partition coefficient (Wildman–Crippen LogP) is 16.9. The van der Waals surface area contributed by atoms with Crippen molar-refractivity contribution in [2.24, 2.45) is 0 Å². The molecule has 16 aromatic rings. The number of hydrogen-bond acceptors (Lipinski definition) is 17. The molecule has 0 spiro atoms. The Balaban J connectivity index is 0.000000125. The van der Waals surface area contributed by atoms with E-state index in [4.69, 9.17) is 74.4 Å². The summed E-state index contributed by atoms with van der Waals surface area (Å²) in [6.45, 7) is 8.27. The minimum absolute atomic E-state index is 0.0269. The van der Waals surface area contributed by atoms with E-state index in [0.717, 1.165) is 120 Å². The van der Waals surface area contributed by atoms with Crippen LogP contribution in [-0.2, 0) is 19.5 Å². The van der Waals surface area contributed by atoms with Gasteiger partial charge in [-0.3, -0.25) is 0 Å². The zero-order chi connectivity index (χ0) is 82.0. The number of fused-ring (bicyclic) bond motifs is 4. The molecule has 8 aromatic heterocycles. The Bertz CT molecular complexity index is 6320. The van der Waals surface area contributed by atoms with Gasteiger partial charge >= 0.3 is 0 Å². The summed E-state index contributed by atoms with van der Waals surface area (Å²) >= 11 is 24.6. The summed E-state index contributed by atoms with van der Waals surface area (Å²) in [5.41, 5.74) is 35.8. The lowest BCUT2D eigenvalue weighted by molar-refractivity contribution is 0.221. The topological polar surface area (TPSA) is 279 Å². The van der Waals surface area contributed by atoms with Gasteiger partial charge < -0.3 is 56.1 Å². The molecule has 21 nitrogen and oxygen atoms in total. The number of aromatic nitrogens is 14. The van der Waals surface area contributed by atoms with Crippen LogP contribution in [0.4, 0.5) is 23.3 Å².